The van der Waals surface area contributed by atoms with Crippen LogP contribution in [0.25, 0.3) is 0 Å². The number of carbonyl (C=O) groups excluding carboxylic acids is 1. The lowest BCUT2D eigenvalue weighted by atomic mass is 9.83. The summed E-state index contributed by atoms with van der Waals surface area (Å²) >= 11 is 0. The number of benzene rings is 1. The molecule has 1 amide bonds. The van der Waals surface area contributed by atoms with Gasteiger partial charge in [-0.1, -0.05) is 36.4 Å². The highest BCUT2D eigenvalue weighted by atomic mass is 35.5. The third kappa shape index (κ3) is 3.55. The first kappa shape index (κ1) is 18.7. The van der Waals surface area contributed by atoms with Gasteiger partial charge in [0.15, 0.2) is 0 Å². The summed E-state index contributed by atoms with van der Waals surface area (Å²) in [4.78, 5) is 26.8. The summed E-state index contributed by atoms with van der Waals surface area (Å²) < 4.78 is 1.88. The number of hydrogen-bond acceptors (Lipinski definition) is 3. The molecule has 1 aromatic carbocycles. The van der Waals surface area contributed by atoms with Crippen molar-refractivity contribution < 1.29 is 4.79 Å². The third-order valence-corrected chi connectivity index (χ3v) is 5.41. The minimum absolute atomic E-state index is 0. The smallest absolute Gasteiger partial charge is 0.250 e. The number of piperidine rings is 1. The first-order valence-electron chi connectivity index (χ1n) is 8.90. The standard InChI is InChI=1S/C20H23N3O2.ClH/c21-17(10-14-5-2-1-3-6-14)20(25)22-11-15-9-16(13-22)18-7-4-8-19(24)23(18)12-15;/h1-8,15-17H,9-13,21H2;1H/t15-,16+,17+;/m1./s1. The summed E-state index contributed by atoms with van der Waals surface area (Å²) in [6.45, 7) is 2.04. The number of nitrogens with zero attached hydrogens (tertiary/aromatic N) is 2. The largest absolute Gasteiger partial charge is 0.340 e. The molecular formula is C20H24ClN3O2. The number of likely N-dealkylation sites (tertiary alicyclic amines) is 1. The van der Waals surface area contributed by atoms with E-state index in [0.717, 1.165) is 17.7 Å². The highest BCUT2D eigenvalue weighted by Gasteiger charge is 2.37. The molecule has 3 atom stereocenters. The van der Waals surface area contributed by atoms with Crippen molar-refractivity contribution in [1.82, 2.24) is 9.47 Å². The number of hydrogen-bond donors (Lipinski definition) is 1. The van der Waals surface area contributed by atoms with E-state index in [0.29, 0.717) is 32.0 Å². The molecule has 0 spiro atoms. The monoisotopic (exact) mass is 373 g/mol. The lowest BCUT2D eigenvalue weighted by Gasteiger charge is -2.43. The van der Waals surface area contributed by atoms with Crippen LogP contribution in [-0.2, 0) is 17.8 Å². The third-order valence-electron chi connectivity index (χ3n) is 5.41. The number of amides is 1. The summed E-state index contributed by atoms with van der Waals surface area (Å²) in [7, 11) is 0. The Labute approximate surface area is 159 Å². The predicted octanol–water partition coefficient (Wildman–Crippen LogP) is 1.79. The molecule has 2 N–H and O–H groups in total. The van der Waals surface area contributed by atoms with Crippen LogP contribution in [0.4, 0.5) is 0 Å². The number of aromatic nitrogens is 1. The molecule has 0 aliphatic carbocycles. The van der Waals surface area contributed by atoms with Crippen LogP contribution < -0.4 is 11.3 Å². The van der Waals surface area contributed by atoms with E-state index in [-0.39, 0.29) is 29.8 Å². The van der Waals surface area contributed by atoms with Crippen LogP contribution in [0.3, 0.4) is 0 Å². The van der Waals surface area contributed by atoms with E-state index in [1.54, 1.807) is 6.07 Å². The summed E-state index contributed by atoms with van der Waals surface area (Å²) in [5.41, 5.74) is 8.40. The Kier molecular flexibility index (Phi) is 5.49. The molecule has 3 heterocycles. The number of pyridine rings is 1. The van der Waals surface area contributed by atoms with Crippen molar-refractivity contribution in [1.29, 1.82) is 0 Å². The maximum atomic E-state index is 12.8. The number of rotatable bonds is 3. The lowest BCUT2D eigenvalue weighted by molar-refractivity contribution is -0.135. The van der Waals surface area contributed by atoms with Crippen LogP contribution in [-0.4, -0.2) is 34.5 Å². The molecule has 1 fully saturated rings. The van der Waals surface area contributed by atoms with Gasteiger partial charge in [0.25, 0.3) is 5.56 Å². The molecule has 2 aliphatic rings. The first-order chi connectivity index (χ1) is 12.1. The fourth-order valence-electron chi connectivity index (χ4n) is 4.27. The second-order valence-electron chi connectivity index (χ2n) is 7.24. The highest BCUT2D eigenvalue weighted by molar-refractivity contribution is 5.85. The molecular weight excluding hydrogens is 350 g/mol. The maximum absolute atomic E-state index is 12.8. The number of carbonyl (C=O) groups is 1. The van der Waals surface area contributed by atoms with E-state index in [1.165, 1.54) is 0 Å². The summed E-state index contributed by atoms with van der Waals surface area (Å²) in [6.07, 6.45) is 1.60. The normalized spacial score (nSPS) is 22.1. The van der Waals surface area contributed by atoms with Gasteiger partial charge in [0, 0.05) is 37.3 Å². The quantitative estimate of drug-likeness (QED) is 0.891. The Hall–Kier alpha value is -2.11. The van der Waals surface area contributed by atoms with Crippen LogP contribution in [0.2, 0.25) is 0 Å². The molecule has 5 nitrogen and oxygen atoms in total. The van der Waals surface area contributed by atoms with Gasteiger partial charge in [0.1, 0.15) is 0 Å². The predicted molar refractivity (Wildman–Crippen MR) is 103 cm³/mol. The van der Waals surface area contributed by atoms with Crippen LogP contribution in [0.1, 0.15) is 23.6 Å². The van der Waals surface area contributed by atoms with Gasteiger partial charge in [-0.3, -0.25) is 9.59 Å². The van der Waals surface area contributed by atoms with Crippen LogP contribution in [0.5, 0.6) is 0 Å². The van der Waals surface area contributed by atoms with Gasteiger partial charge in [-0.05, 0) is 30.4 Å². The number of halogens is 1. The average molecular weight is 374 g/mol. The highest BCUT2D eigenvalue weighted by Crippen LogP contribution is 2.35. The van der Waals surface area contributed by atoms with Gasteiger partial charge < -0.3 is 15.2 Å². The zero-order valence-electron chi connectivity index (χ0n) is 14.6. The Bertz CT molecular complexity index is 836. The van der Waals surface area contributed by atoms with Crippen molar-refractivity contribution in [2.45, 2.75) is 31.3 Å². The fraction of sp³-hybridized carbons (Fsp3) is 0.400. The van der Waals surface area contributed by atoms with E-state index in [1.807, 2.05) is 51.9 Å². The van der Waals surface area contributed by atoms with Crippen LogP contribution in [0.15, 0.2) is 53.3 Å². The Morgan fingerprint density at radius 1 is 1.08 bits per heavy atom. The summed E-state index contributed by atoms with van der Waals surface area (Å²) in [5, 5.41) is 0. The van der Waals surface area contributed by atoms with Crippen molar-refractivity contribution in [3.63, 3.8) is 0 Å². The molecule has 0 saturated carbocycles. The Morgan fingerprint density at radius 3 is 2.62 bits per heavy atom. The van der Waals surface area contributed by atoms with E-state index in [4.69, 9.17) is 5.73 Å². The Balaban J connectivity index is 0.00000196. The van der Waals surface area contributed by atoms with E-state index >= 15 is 0 Å². The number of nitrogens with two attached hydrogens (primary N) is 1. The van der Waals surface area contributed by atoms with Gasteiger partial charge in [0.2, 0.25) is 5.91 Å². The van der Waals surface area contributed by atoms with Crippen molar-refractivity contribution in [2.75, 3.05) is 13.1 Å². The SMILES string of the molecule is Cl.N[C@@H](Cc1ccccc1)C(=O)N1C[C@H]2C[C@@H](C1)c1cccc(=O)n1C2. The van der Waals surface area contributed by atoms with Crippen LogP contribution in [0, 0.1) is 5.92 Å². The van der Waals surface area contributed by atoms with E-state index < -0.39 is 6.04 Å². The van der Waals surface area contributed by atoms with E-state index in [9.17, 15) is 9.59 Å². The van der Waals surface area contributed by atoms with Crippen molar-refractivity contribution in [3.8, 4) is 0 Å². The van der Waals surface area contributed by atoms with Gasteiger partial charge in [-0.2, -0.15) is 0 Å². The zero-order valence-corrected chi connectivity index (χ0v) is 15.4. The molecule has 138 valence electrons. The van der Waals surface area contributed by atoms with Gasteiger partial charge in [-0.25, -0.2) is 0 Å². The van der Waals surface area contributed by atoms with Crippen molar-refractivity contribution in [3.05, 3.63) is 70.1 Å². The van der Waals surface area contributed by atoms with Gasteiger partial charge in [-0.15, -0.1) is 12.4 Å². The van der Waals surface area contributed by atoms with Crippen molar-refractivity contribution >= 4 is 18.3 Å². The molecule has 0 unspecified atom stereocenters. The Morgan fingerprint density at radius 2 is 1.85 bits per heavy atom. The molecule has 6 heteroatoms. The second-order valence-corrected chi connectivity index (χ2v) is 7.24. The molecule has 1 saturated heterocycles. The van der Waals surface area contributed by atoms with Gasteiger partial charge >= 0.3 is 0 Å². The lowest BCUT2D eigenvalue weighted by Crippen LogP contribution is -2.53. The summed E-state index contributed by atoms with van der Waals surface area (Å²) in [6, 6.07) is 14.8. The fourth-order valence-corrected chi connectivity index (χ4v) is 4.27. The molecule has 4 rings (SSSR count). The molecule has 2 bridgehead atoms. The second kappa shape index (κ2) is 7.64. The van der Waals surface area contributed by atoms with Crippen LogP contribution >= 0.6 is 12.4 Å². The molecule has 0 radical (unpaired) electrons. The minimum Gasteiger partial charge on any atom is -0.340 e. The molecule has 1 aromatic heterocycles. The average Bonchev–Trinajstić information content (AvgIpc) is 2.63. The first-order valence-corrected chi connectivity index (χ1v) is 8.90. The zero-order chi connectivity index (χ0) is 17.4. The van der Waals surface area contributed by atoms with Gasteiger partial charge in [0.05, 0.1) is 6.04 Å². The van der Waals surface area contributed by atoms with E-state index in [2.05, 4.69) is 0 Å². The minimum atomic E-state index is -0.515. The summed E-state index contributed by atoms with van der Waals surface area (Å²) in [5.74, 6) is 0.582. The molecule has 26 heavy (non-hydrogen) atoms. The van der Waals surface area contributed by atoms with Crippen molar-refractivity contribution in [2.24, 2.45) is 11.7 Å². The molecule has 2 aliphatic heterocycles. The topological polar surface area (TPSA) is 68.3 Å². The molecule has 2 aromatic rings. The maximum Gasteiger partial charge on any atom is 0.250 e. The number of fused-ring (bicyclic) bond motifs is 4.